The van der Waals surface area contributed by atoms with Crippen LogP contribution in [0.4, 0.5) is 0 Å². The smallest absolute Gasteiger partial charge is 0.264 e. The molecule has 1 saturated heterocycles. The summed E-state index contributed by atoms with van der Waals surface area (Å²) in [6.45, 7) is 2.97. The zero-order valence-corrected chi connectivity index (χ0v) is 16.9. The molecule has 3 aromatic rings. The molecule has 1 N–H and O–H groups in total. The number of amides is 1. The minimum Gasteiger partial charge on any atom is -0.479 e. The summed E-state index contributed by atoms with van der Waals surface area (Å²) in [6.07, 6.45) is 1.69. The Hall–Kier alpha value is -3.14. The summed E-state index contributed by atoms with van der Waals surface area (Å²) < 4.78 is 6.21. The Labute approximate surface area is 179 Å². The summed E-state index contributed by atoms with van der Waals surface area (Å²) in [4.78, 5) is 19.3. The van der Waals surface area contributed by atoms with Crippen LogP contribution in [-0.4, -0.2) is 48.1 Å². The van der Waals surface area contributed by atoms with E-state index >= 15 is 0 Å². The van der Waals surface area contributed by atoms with Gasteiger partial charge < -0.3 is 15.0 Å². The number of benzene rings is 2. The number of carbonyl (C=O) groups excluding carboxylic acids is 1. The summed E-state index contributed by atoms with van der Waals surface area (Å²) in [5.41, 5.74) is 3.96. The van der Waals surface area contributed by atoms with Crippen molar-refractivity contribution in [2.45, 2.75) is 12.5 Å². The van der Waals surface area contributed by atoms with Gasteiger partial charge in [-0.3, -0.25) is 9.78 Å². The molecule has 2 aliphatic heterocycles. The van der Waals surface area contributed by atoms with Crippen LogP contribution < -0.4 is 10.1 Å². The Balaban J connectivity index is 1.57. The average Bonchev–Trinajstić information content (AvgIpc) is 3.21. The number of hydrogen-bond donors (Lipinski definition) is 1. The van der Waals surface area contributed by atoms with Crippen LogP contribution in [0.1, 0.15) is 11.1 Å². The van der Waals surface area contributed by atoms with Gasteiger partial charge in [-0.05, 0) is 42.0 Å². The molecule has 2 aromatic carbocycles. The first kappa shape index (κ1) is 18.9. The monoisotopic (exact) mass is 418 g/mol. The van der Waals surface area contributed by atoms with Crippen LogP contribution in [0.3, 0.4) is 0 Å². The number of pyridine rings is 1. The fourth-order valence-electron chi connectivity index (χ4n) is 4.20. The summed E-state index contributed by atoms with van der Waals surface area (Å²) in [6, 6.07) is 13.2. The lowest BCUT2D eigenvalue weighted by atomic mass is 9.97. The molecule has 0 radical (unpaired) electrons. The van der Waals surface area contributed by atoms with Gasteiger partial charge in [-0.1, -0.05) is 11.6 Å². The van der Waals surface area contributed by atoms with Crippen molar-refractivity contribution in [3.8, 4) is 22.9 Å². The topological polar surface area (TPSA) is 78.2 Å². The van der Waals surface area contributed by atoms with Crippen LogP contribution >= 0.6 is 11.6 Å². The quantitative estimate of drug-likeness (QED) is 0.691. The number of nitrogens with one attached hydrogen (secondary N) is 1. The normalized spacial score (nSPS) is 18.0. The Morgan fingerprint density at radius 1 is 1.20 bits per heavy atom. The maximum atomic E-state index is 13.0. The number of carbonyl (C=O) groups is 1. The third-order valence-corrected chi connectivity index (χ3v) is 5.88. The van der Waals surface area contributed by atoms with Gasteiger partial charge in [0.25, 0.3) is 5.91 Å². The van der Waals surface area contributed by atoms with E-state index in [4.69, 9.17) is 16.3 Å². The summed E-state index contributed by atoms with van der Waals surface area (Å²) in [7, 11) is 0. The molecular formula is C23H19ClN4O2. The molecule has 3 heterocycles. The zero-order valence-electron chi connectivity index (χ0n) is 16.2. The van der Waals surface area contributed by atoms with Crippen molar-refractivity contribution in [1.82, 2.24) is 15.2 Å². The number of fused-ring (bicyclic) bond motifs is 2. The van der Waals surface area contributed by atoms with Crippen molar-refractivity contribution < 1.29 is 9.53 Å². The van der Waals surface area contributed by atoms with Crippen molar-refractivity contribution in [3.63, 3.8) is 0 Å². The van der Waals surface area contributed by atoms with E-state index in [1.165, 1.54) is 0 Å². The van der Waals surface area contributed by atoms with Gasteiger partial charge in [0.1, 0.15) is 5.75 Å². The molecule has 1 amide bonds. The molecule has 1 aromatic heterocycles. The van der Waals surface area contributed by atoms with E-state index in [1.54, 1.807) is 12.3 Å². The van der Waals surface area contributed by atoms with Crippen LogP contribution in [0.2, 0.25) is 5.02 Å². The van der Waals surface area contributed by atoms with Crippen molar-refractivity contribution in [2.24, 2.45) is 0 Å². The molecule has 0 saturated carbocycles. The van der Waals surface area contributed by atoms with Crippen molar-refractivity contribution >= 4 is 28.4 Å². The number of nitrogens with zero attached hydrogens (tertiary/aromatic N) is 3. The molecule has 5 rings (SSSR count). The van der Waals surface area contributed by atoms with Crippen LogP contribution in [0.5, 0.6) is 5.75 Å². The number of hydrogen-bond acceptors (Lipinski definition) is 5. The molecular weight excluding hydrogens is 400 g/mol. The third kappa shape index (κ3) is 3.26. The summed E-state index contributed by atoms with van der Waals surface area (Å²) in [5.74, 6) is 0.698. The van der Waals surface area contributed by atoms with Crippen LogP contribution in [0, 0.1) is 11.3 Å². The summed E-state index contributed by atoms with van der Waals surface area (Å²) in [5, 5.41) is 14.0. The number of ether oxygens (including phenoxy) is 1. The third-order valence-electron chi connectivity index (χ3n) is 5.66. The van der Waals surface area contributed by atoms with Crippen molar-refractivity contribution in [1.29, 1.82) is 5.26 Å². The fourth-order valence-corrected chi connectivity index (χ4v) is 4.44. The number of nitriles is 1. The molecule has 2 aliphatic rings. The Kier molecular flexibility index (Phi) is 4.78. The van der Waals surface area contributed by atoms with Gasteiger partial charge in [0.2, 0.25) is 0 Å². The zero-order chi connectivity index (χ0) is 20.7. The highest BCUT2D eigenvalue weighted by molar-refractivity contribution is 6.31. The first-order chi connectivity index (χ1) is 14.6. The van der Waals surface area contributed by atoms with E-state index in [1.807, 2.05) is 35.2 Å². The second kappa shape index (κ2) is 7.60. The fraction of sp³-hybridized carbons (Fsp3) is 0.261. The Morgan fingerprint density at radius 3 is 2.83 bits per heavy atom. The molecule has 1 fully saturated rings. The molecule has 0 spiro atoms. The maximum Gasteiger partial charge on any atom is 0.264 e. The first-order valence-electron chi connectivity index (χ1n) is 9.92. The van der Waals surface area contributed by atoms with Crippen LogP contribution in [0.15, 0.2) is 42.6 Å². The first-order valence-corrected chi connectivity index (χ1v) is 10.3. The molecule has 150 valence electrons. The summed E-state index contributed by atoms with van der Waals surface area (Å²) >= 11 is 6.44. The molecule has 30 heavy (non-hydrogen) atoms. The Morgan fingerprint density at radius 2 is 2.03 bits per heavy atom. The lowest BCUT2D eigenvalue weighted by molar-refractivity contribution is -0.138. The number of piperazine rings is 1. The average molecular weight is 419 g/mol. The predicted octanol–water partition coefficient (Wildman–Crippen LogP) is 3.16. The van der Waals surface area contributed by atoms with Gasteiger partial charge in [-0.15, -0.1) is 0 Å². The molecule has 0 aliphatic carbocycles. The minimum atomic E-state index is -0.543. The van der Waals surface area contributed by atoms with Gasteiger partial charge in [0.05, 0.1) is 17.1 Å². The second-order valence-electron chi connectivity index (χ2n) is 7.53. The highest BCUT2D eigenvalue weighted by atomic mass is 35.5. The highest BCUT2D eigenvalue weighted by Crippen LogP contribution is 2.43. The van der Waals surface area contributed by atoms with E-state index in [-0.39, 0.29) is 5.91 Å². The van der Waals surface area contributed by atoms with Gasteiger partial charge in [0.15, 0.2) is 6.10 Å². The largest absolute Gasteiger partial charge is 0.479 e. The van der Waals surface area contributed by atoms with Gasteiger partial charge in [-0.25, -0.2) is 0 Å². The van der Waals surface area contributed by atoms with Crippen LogP contribution in [0.25, 0.3) is 22.0 Å². The number of aromatic nitrogens is 1. The molecule has 7 heteroatoms. The SMILES string of the molecule is N#Cc1ccc2nccc(-c3cc(Cl)cc4c3O[C@H](C(=O)N3CCNCC3)C4)c2c1. The number of halogens is 1. The second-order valence-corrected chi connectivity index (χ2v) is 7.97. The van der Waals surface area contributed by atoms with Crippen molar-refractivity contribution in [3.05, 3.63) is 58.7 Å². The van der Waals surface area contributed by atoms with E-state index in [9.17, 15) is 10.1 Å². The highest BCUT2D eigenvalue weighted by Gasteiger charge is 2.35. The van der Waals surface area contributed by atoms with Crippen LogP contribution in [-0.2, 0) is 11.2 Å². The standard InChI is InChI=1S/C23H19ClN4O2/c24-16-10-15-11-21(23(29)28-7-5-26-6-8-28)30-22(15)19(12-16)17-3-4-27-20-2-1-14(13-25)9-18(17)20/h1-4,9-10,12,21,26H,5-8,11H2/t21-/m0/s1. The van der Waals surface area contributed by atoms with E-state index < -0.39 is 6.10 Å². The Bertz CT molecular complexity index is 1200. The minimum absolute atomic E-state index is 0.0149. The lowest BCUT2D eigenvalue weighted by Crippen LogP contribution is -2.50. The van der Waals surface area contributed by atoms with E-state index in [0.29, 0.717) is 35.8 Å². The van der Waals surface area contributed by atoms with Gasteiger partial charge in [-0.2, -0.15) is 5.26 Å². The molecule has 0 unspecified atom stereocenters. The predicted molar refractivity (Wildman–Crippen MR) is 114 cm³/mol. The van der Waals surface area contributed by atoms with E-state index in [0.717, 1.165) is 40.7 Å². The van der Waals surface area contributed by atoms with Gasteiger partial charge in [0, 0.05) is 60.3 Å². The molecule has 1 atom stereocenters. The number of rotatable bonds is 2. The molecule has 6 nitrogen and oxygen atoms in total. The van der Waals surface area contributed by atoms with E-state index in [2.05, 4.69) is 16.4 Å². The lowest BCUT2D eigenvalue weighted by Gasteiger charge is -2.29. The van der Waals surface area contributed by atoms with Crippen molar-refractivity contribution in [2.75, 3.05) is 26.2 Å². The molecule has 0 bridgehead atoms. The maximum absolute atomic E-state index is 13.0. The van der Waals surface area contributed by atoms with Gasteiger partial charge >= 0.3 is 0 Å².